The minimum absolute atomic E-state index is 0.182. The molecule has 32 heavy (non-hydrogen) atoms. The van der Waals surface area contributed by atoms with Gasteiger partial charge in [0.1, 0.15) is 0 Å². The van der Waals surface area contributed by atoms with Crippen LogP contribution in [0.2, 0.25) is 5.02 Å². The fourth-order valence-corrected chi connectivity index (χ4v) is 4.75. The van der Waals surface area contributed by atoms with Crippen molar-refractivity contribution >= 4 is 39.4 Å². The monoisotopic (exact) mass is 450 g/mol. The van der Waals surface area contributed by atoms with E-state index in [2.05, 4.69) is 55.5 Å². The standard InChI is InChI=1S/C24H27ClN6O/c1-2-15-3-5-18-21(13-15)29-30-22(18)16-7-10-31(11-8-16)12-9-26-24-27-20-6-4-17(25)14-19(20)23(32)28-24/h3-6,13-14,16H,2,7-12H2,1H3,(H,29,30)(H2,26,27,28,32). The first-order valence-corrected chi connectivity index (χ1v) is 11.6. The molecule has 7 nitrogen and oxygen atoms in total. The fraction of sp³-hybridized carbons (Fsp3) is 0.375. The summed E-state index contributed by atoms with van der Waals surface area (Å²) in [6.45, 7) is 5.88. The average Bonchev–Trinajstić information content (AvgIpc) is 3.23. The maximum Gasteiger partial charge on any atom is 0.260 e. The van der Waals surface area contributed by atoms with Gasteiger partial charge in [-0.25, -0.2) is 4.98 Å². The summed E-state index contributed by atoms with van der Waals surface area (Å²) in [7, 11) is 0. The van der Waals surface area contributed by atoms with E-state index in [1.807, 2.05) is 0 Å². The van der Waals surface area contributed by atoms with E-state index >= 15 is 0 Å². The molecule has 1 aliphatic rings. The topological polar surface area (TPSA) is 89.7 Å². The third kappa shape index (κ3) is 4.23. The van der Waals surface area contributed by atoms with Crippen LogP contribution in [0.4, 0.5) is 5.95 Å². The Hall–Kier alpha value is -2.90. The van der Waals surface area contributed by atoms with Crippen molar-refractivity contribution in [2.45, 2.75) is 32.1 Å². The van der Waals surface area contributed by atoms with Crippen LogP contribution < -0.4 is 10.9 Å². The molecule has 0 amide bonds. The van der Waals surface area contributed by atoms with Crippen LogP contribution in [0.15, 0.2) is 41.2 Å². The number of fused-ring (bicyclic) bond motifs is 2. The van der Waals surface area contributed by atoms with E-state index in [1.54, 1.807) is 18.2 Å². The summed E-state index contributed by atoms with van der Waals surface area (Å²) in [5.41, 5.74) is 4.13. The fourth-order valence-electron chi connectivity index (χ4n) is 4.58. The number of likely N-dealkylation sites (tertiary alicyclic amines) is 1. The number of nitrogens with one attached hydrogen (secondary N) is 3. The molecule has 5 rings (SSSR count). The highest BCUT2D eigenvalue weighted by Gasteiger charge is 2.23. The highest BCUT2D eigenvalue weighted by molar-refractivity contribution is 6.31. The Morgan fingerprint density at radius 1 is 1.12 bits per heavy atom. The smallest absolute Gasteiger partial charge is 0.260 e. The molecule has 0 radical (unpaired) electrons. The Morgan fingerprint density at radius 3 is 2.78 bits per heavy atom. The number of piperidine rings is 1. The van der Waals surface area contributed by atoms with Gasteiger partial charge in [-0.05, 0) is 62.2 Å². The predicted octanol–water partition coefficient (Wildman–Crippen LogP) is 4.31. The molecule has 2 aromatic carbocycles. The molecular weight excluding hydrogens is 424 g/mol. The van der Waals surface area contributed by atoms with Gasteiger partial charge in [-0.2, -0.15) is 5.10 Å². The van der Waals surface area contributed by atoms with Crippen molar-refractivity contribution in [2.24, 2.45) is 0 Å². The molecule has 1 fully saturated rings. The van der Waals surface area contributed by atoms with Crippen LogP contribution >= 0.6 is 11.6 Å². The lowest BCUT2D eigenvalue weighted by Gasteiger charge is -2.31. The minimum Gasteiger partial charge on any atom is -0.354 e. The first-order chi connectivity index (χ1) is 15.6. The van der Waals surface area contributed by atoms with Crippen LogP contribution in [0.5, 0.6) is 0 Å². The lowest BCUT2D eigenvalue weighted by Crippen LogP contribution is -2.36. The molecule has 3 N–H and O–H groups in total. The van der Waals surface area contributed by atoms with Gasteiger partial charge in [0.05, 0.1) is 16.4 Å². The summed E-state index contributed by atoms with van der Waals surface area (Å²) < 4.78 is 0. The molecule has 166 valence electrons. The summed E-state index contributed by atoms with van der Waals surface area (Å²) in [5.74, 6) is 1.01. The molecule has 8 heteroatoms. The van der Waals surface area contributed by atoms with Gasteiger partial charge in [0, 0.05) is 35.1 Å². The third-order valence-corrected chi connectivity index (χ3v) is 6.68. The molecule has 4 aromatic rings. The molecular formula is C24H27ClN6O. The third-order valence-electron chi connectivity index (χ3n) is 6.44. The zero-order chi connectivity index (χ0) is 22.1. The number of benzene rings is 2. The van der Waals surface area contributed by atoms with Gasteiger partial charge in [-0.3, -0.25) is 14.9 Å². The van der Waals surface area contributed by atoms with Gasteiger partial charge in [0.15, 0.2) is 0 Å². The van der Waals surface area contributed by atoms with E-state index < -0.39 is 0 Å². The van der Waals surface area contributed by atoms with Crippen molar-refractivity contribution in [1.82, 2.24) is 25.1 Å². The largest absolute Gasteiger partial charge is 0.354 e. The van der Waals surface area contributed by atoms with Gasteiger partial charge in [-0.1, -0.05) is 30.7 Å². The van der Waals surface area contributed by atoms with Crippen LogP contribution in [0, 0.1) is 0 Å². The second-order valence-corrected chi connectivity index (χ2v) is 8.90. The van der Waals surface area contributed by atoms with E-state index in [1.165, 1.54) is 16.6 Å². The van der Waals surface area contributed by atoms with Crippen LogP contribution in [-0.4, -0.2) is 51.2 Å². The van der Waals surface area contributed by atoms with Gasteiger partial charge in [-0.15, -0.1) is 0 Å². The lowest BCUT2D eigenvalue weighted by atomic mass is 9.91. The van der Waals surface area contributed by atoms with Crippen LogP contribution in [-0.2, 0) is 6.42 Å². The lowest BCUT2D eigenvalue weighted by molar-refractivity contribution is 0.218. The van der Waals surface area contributed by atoms with Crippen molar-refractivity contribution in [3.63, 3.8) is 0 Å². The predicted molar refractivity (Wildman–Crippen MR) is 130 cm³/mol. The first-order valence-electron chi connectivity index (χ1n) is 11.2. The van der Waals surface area contributed by atoms with Crippen molar-refractivity contribution in [3.05, 3.63) is 63.0 Å². The van der Waals surface area contributed by atoms with Crippen molar-refractivity contribution in [2.75, 3.05) is 31.5 Å². The second kappa shape index (κ2) is 8.92. The maximum absolute atomic E-state index is 12.3. The molecule has 0 bridgehead atoms. The first kappa shape index (κ1) is 21.0. The normalized spacial score (nSPS) is 15.6. The number of aryl methyl sites for hydroxylation is 1. The maximum atomic E-state index is 12.3. The second-order valence-electron chi connectivity index (χ2n) is 8.46. The van der Waals surface area contributed by atoms with Gasteiger partial charge < -0.3 is 10.2 Å². The van der Waals surface area contributed by atoms with E-state index in [0.717, 1.165) is 51.0 Å². The molecule has 2 aromatic heterocycles. The SMILES string of the molecule is CCc1ccc2c(C3CCN(CCNc4nc5ccc(Cl)cc5c(=O)[nH]4)CC3)[nH]nc2c1. The Balaban J connectivity index is 1.16. The Labute approximate surface area is 191 Å². The summed E-state index contributed by atoms with van der Waals surface area (Å²) in [6, 6.07) is 11.8. The van der Waals surface area contributed by atoms with Crippen LogP contribution in [0.1, 0.15) is 36.9 Å². The zero-order valence-electron chi connectivity index (χ0n) is 18.1. The Bertz CT molecular complexity index is 1310. The van der Waals surface area contributed by atoms with Gasteiger partial charge in [0.2, 0.25) is 5.95 Å². The highest BCUT2D eigenvalue weighted by Crippen LogP contribution is 2.31. The Morgan fingerprint density at radius 2 is 1.97 bits per heavy atom. The number of anilines is 1. The molecule has 0 unspecified atom stereocenters. The minimum atomic E-state index is -0.182. The van der Waals surface area contributed by atoms with E-state index in [4.69, 9.17) is 11.6 Å². The summed E-state index contributed by atoms with van der Waals surface area (Å²) in [5, 5.41) is 13.4. The van der Waals surface area contributed by atoms with E-state index in [9.17, 15) is 4.79 Å². The number of hydrogen-bond acceptors (Lipinski definition) is 5. The number of aromatic nitrogens is 4. The molecule has 0 saturated carbocycles. The van der Waals surface area contributed by atoms with E-state index in [0.29, 0.717) is 27.8 Å². The number of hydrogen-bond donors (Lipinski definition) is 3. The summed E-state index contributed by atoms with van der Waals surface area (Å²) >= 11 is 5.98. The van der Waals surface area contributed by atoms with Gasteiger partial charge in [0.25, 0.3) is 5.56 Å². The molecule has 0 spiro atoms. The Kier molecular flexibility index (Phi) is 5.85. The van der Waals surface area contributed by atoms with Crippen LogP contribution in [0.3, 0.4) is 0 Å². The van der Waals surface area contributed by atoms with Crippen LogP contribution in [0.25, 0.3) is 21.8 Å². The quantitative estimate of drug-likeness (QED) is 0.407. The van der Waals surface area contributed by atoms with Crippen molar-refractivity contribution < 1.29 is 0 Å². The zero-order valence-corrected chi connectivity index (χ0v) is 18.9. The highest BCUT2D eigenvalue weighted by atomic mass is 35.5. The molecule has 1 saturated heterocycles. The molecule has 0 aliphatic carbocycles. The van der Waals surface area contributed by atoms with E-state index in [-0.39, 0.29) is 5.56 Å². The van der Waals surface area contributed by atoms with Gasteiger partial charge >= 0.3 is 0 Å². The summed E-state index contributed by atoms with van der Waals surface area (Å²) in [6.07, 6.45) is 3.25. The number of rotatable bonds is 6. The summed E-state index contributed by atoms with van der Waals surface area (Å²) in [4.78, 5) is 22.0. The van der Waals surface area contributed by atoms with Crippen molar-refractivity contribution in [3.8, 4) is 0 Å². The number of nitrogens with zero attached hydrogens (tertiary/aromatic N) is 3. The van der Waals surface area contributed by atoms with Crippen molar-refractivity contribution in [1.29, 1.82) is 0 Å². The number of aromatic amines is 2. The molecule has 1 aliphatic heterocycles. The molecule has 3 heterocycles. The average molecular weight is 451 g/mol. The number of H-pyrrole nitrogens is 2. The molecule has 0 atom stereocenters. The number of halogens is 1.